The zero-order valence-corrected chi connectivity index (χ0v) is 29.8. The maximum absolute atomic E-state index is 8.60. The van der Waals surface area contributed by atoms with E-state index in [9.17, 15) is 0 Å². The van der Waals surface area contributed by atoms with Crippen LogP contribution >= 0.6 is 15.9 Å². The highest BCUT2D eigenvalue weighted by Gasteiger charge is 1.95. The summed E-state index contributed by atoms with van der Waals surface area (Å²) in [5, 5.41) is 25.6. The van der Waals surface area contributed by atoms with Gasteiger partial charge in [0.1, 0.15) is 0 Å². The maximum Gasteiger partial charge on any atom is 0.0487 e. The van der Waals surface area contributed by atoms with E-state index in [1.165, 1.54) is 172 Å². The molecule has 3 N–H and O–H groups in total. The van der Waals surface area contributed by atoms with Crippen molar-refractivity contribution >= 4 is 15.9 Å². The minimum Gasteiger partial charge on any atom is -0.396 e. The number of ether oxygens (including phenoxy) is 1. The Bertz CT molecular complexity index is 351. The van der Waals surface area contributed by atoms with Crippen LogP contribution in [-0.4, -0.2) is 53.7 Å². The molecule has 0 rings (SSSR count). The number of halogens is 1. The van der Waals surface area contributed by atoms with E-state index < -0.39 is 0 Å². The summed E-state index contributed by atoms with van der Waals surface area (Å²) in [5.74, 6) is 0. The second kappa shape index (κ2) is 50.0. The van der Waals surface area contributed by atoms with Crippen LogP contribution in [0.1, 0.15) is 194 Å². The molecule has 0 bridgehead atoms. The Kier molecular flexibility index (Phi) is 55.8. The largest absolute Gasteiger partial charge is 0.396 e. The molecule has 0 aromatic heterocycles. The summed E-state index contributed by atoms with van der Waals surface area (Å²) in [7, 11) is 0. The quantitative estimate of drug-likeness (QED) is 0.0499. The minimum atomic E-state index is 0.0938. The van der Waals surface area contributed by atoms with Crippen molar-refractivity contribution < 1.29 is 20.1 Å². The van der Waals surface area contributed by atoms with E-state index in [0.29, 0.717) is 6.42 Å². The molecule has 4 nitrogen and oxygen atoms in total. The van der Waals surface area contributed by atoms with Crippen LogP contribution in [-0.2, 0) is 4.74 Å². The molecule has 0 aliphatic rings. The number of aliphatic hydroxyl groups is 3. The van der Waals surface area contributed by atoms with Crippen LogP contribution in [0.3, 0.4) is 0 Å². The number of aliphatic hydroxyl groups excluding tert-OH is 3. The van der Waals surface area contributed by atoms with Gasteiger partial charge in [-0.05, 0) is 25.7 Å². The second-order valence-corrected chi connectivity index (χ2v) is 12.5. The van der Waals surface area contributed by atoms with E-state index in [1.54, 1.807) is 0 Å². The lowest BCUT2D eigenvalue weighted by Crippen LogP contribution is -1.98. The Morgan fingerprint density at radius 3 is 0.878 bits per heavy atom. The fourth-order valence-electron chi connectivity index (χ4n) is 4.67. The SMILES string of the molecule is CCCCCCCCCCCCCCCBr.CCCCCCCCCCCCCCCOCCCO.OCCCO. The van der Waals surface area contributed by atoms with E-state index in [-0.39, 0.29) is 19.8 Å². The molecule has 0 amide bonds. The van der Waals surface area contributed by atoms with Crippen molar-refractivity contribution in [2.75, 3.05) is 38.4 Å². The van der Waals surface area contributed by atoms with Crippen molar-refractivity contribution in [2.45, 2.75) is 194 Å². The smallest absolute Gasteiger partial charge is 0.0487 e. The van der Waals surface area contributed by atoms with Gasteiger partial charge in [0.2, 0.25) is 0 Å². The highest BCUT2D eigenvalue weighted by atomic mass is 79.9. The third kappa shape index (κ3) is 56.7. The molecule has 0 saturated carbocycles. The fourth-order valence-corrected chi connectivity index (χ4v) is 5.07. The molecule has 0 atom stereocenters. The first-order chi connectivity index (χ1) is 20.2. The maximum atomic E-state index is 8.60. The lowest BCUT2D eigenvalue weighted by Gasteiger charge is -2.04. The van der Waals surface area contributed by atoms with Gasteiger partial charge in [0.05, 0.1) is 0 Å². The Hall–Kier alpha value is 0.320. The molecule has 0 aliphatic carbocycles. The fraction of sp³-hybridized carbons (Fsp3) is 1.00. The number of hydrogen-bond acceptors (Lipinski definition) is 4. The van der Waals surface area contributed by atoms with Crippen molar-refractivity contribution in [3.63, 3.8) is 0 Å². The van der Waals surface area contributed by atoms with E-state index in [4.69, 9.17) is 20.1 Å². The monoisotopic (exact) mass is 653 g/mol. The van der Waals surface area contributed by atoms with Gasteiger partial charge in [-0.25, -0.2) is 0 Å². The topological polar surface area (TPSA) is 69.9 Å². The number of rotatable bonds is 32. The molecule has 0 aromatic carbocycles. The van der Waals surface area contributed by atoms with Crippen LogP contribution in [0, 0.1) is 0 Å². The van der Waals surface area contributed by atoms with Gasteiger partial charge in [0.25, 0.3) is 0 Å². The molecule has 0 saturated heterocycles. The first-order valence-corrected chi connectivity index (χ1v) is 19.3. The van der Waals surface area contributed by atoms with E-state index in [1.807, 2.05) is 0 Å². The summed E-state index contributed by atoms with van der Waals surface area (Å²) in [6.07, 6.45) is 38.2. The van der Waals surface area contributed by atoms with Crippen molar-refractivity contribution in [3.05, 3.63) is 0 Å². The molecule has 0 radical (unpaired) electrons. The number of alkyl halides is 1. The molecule has 5 heteroatoms. The Labute approximate surface area is 267 Å². The minimum absolute atomic E-state index is 0.0938. The lowest BCUT2D eigenvalue weighted by atomic mass is 10.0. The van der Waals surface area contributed by atoms with Gasteiger partial charge in [-0.2, -0.15) is 0 Å². The van der Waals surface area contributed by atoms with Crippen LogP contribution < -0.4 is 0 Å². The molecule has 252 valence electrons. The van der Waals surface area contributed by atoms with Crippen LogP contribution in [0.5, 0.6) is 0 Å². The highest BCUT2D eigenvalue weighted by molar-refractivity contribution is 9.09. The molecule has 0 aromatic rings. The second-order valence-electron chi connectivity index (χ2n) is 11.7. The van der Waals surface area contributed by atoms with Crippen LogP contribution in [0.2, 0.25) is 0 Å². The molecule has 41 heavy (non-hydrogen) atoms. The highest BCUT2D eigenvalue weighted by Crippen LogP contribution is 2.13. The summed E-state index contributed by atoms with van der Waals surface area (Å²) in [6, 6.07) is 0. The average Bonchev–Trinajstić information content (AvgIpc) is 2.98. The third-order valence-electron chi connectivity index (χ3n) is 7.39. The average molecular weight is 654 g/mol. The van der Waals surface area contributed by atoms with Gasteiger partial charge < -0.3 is 20.1 Å². The predicted molar refractivity (Wildman–Crippen MR) is 186 cm³/mol. The molecular weight excluding hydrogens is 576 g/mol. The summed E-state index contributed by atoms with van der Waals surface area (Å²) < 4.78 is 5.41. The van der Waals surface area contributed by atoms with Gasteiger partial charge in [-0.1, -0.05) is 184 Å². The molecule has 0 fully saturated rings. The summed E-state index contributed by atoms with van der Waals surface area (Å²) in [6.45, 7) is 6.59. The zero-order valence-electron chi connectivity index (χ0n) is 28.2. The number of unbranched alkanes of at least 4 members (excludes halogenated alkanes) is 24. The normalized spacial score (nSPS) is 10.7. The third-order valence-corrected chi connectivity index (χ3v) is 7.95. The Morgan fingerprint density at radius 2 is 0.610 bits per heavy atom. The van der Waals surface area contributed by atoms with E-state index in [0.717, 1.165) is 19.6 Å². The Morgan fingerprint density at radius 1 is 0.341 bits per heavy atom. The molecule has 0 spiro atoms. The van der Waals surface area contributed by atoms with Gasteiger partial charge in [0, 0.05) is 38.4 Å². The molecule has 0 aliphatic heterocycles. The lowest BCUT2D eigenvalue weighted by molar-refractivity contribution is 0.112. The van der Waals surface area contributed by atoms with Gasteiger partial charge >= 0.3 is 0 Å². The summed E-state index contributed by atoms with van der Waals surface area (Å²) >= 11 is 3.48. The van der Waals surface area contributed by atoms with Crippen molar-refractivity contribution in [2.24, 2.45) is 0 Å². The molecule has 0 unspecified atom stereocenters. The van der Waals surface area contributed by atoms with Crippen LogP contribution in [0.25, 0.3) is 0 Å². The van der Waals surface area contributed by atoms with Crippen molar-refractivity contribution in [1.29, 1.82) is 0 Å². The van der Waals surface area contributed by atoms with Gasteiger partial charge in [-0.15, -0.1) is 0 Å². The van der Waals surface area contributed by atoms with Crippen LogP contribution in [0.15, 0.2) is 0 Å². The standard InChI is InChI=1S/C18H38O2.C15H31Br.C3H8O2/c1-2-3-4-5-6-7-8-9-10-11-12-13-14-17-20-18-15-16-19;1-2-3-4-5-6-7-8-9-10-11-12-13-14-15-16;4-2-1-3-5/h19H,2-18H2,1H3;2-15H2,1H3;4-5H,1-3H2. The molecule has 0 heterocycles. The van der Waals surface area contributed by atoms with Gasteiger partial charge in [0.15, 0.2) is 0 Å². The summed E-state index contributed by atoms with van der Waals surface area (Å²) in [4.78, 5) is 0. The Balaban J connectivity index is -0.000000614. The first-order valence-electron chi connectivity index (χ1n) is 18.2. The predicted octanol–water partition coefficient (Wildman–Crippen LogP) is 11.3. The van der Waals surface area contributed by atoms with Crippen molar-refractivity contribution in [3.8, 4) is 0 Å². The molecular formula is C36H77BrO4. The van der Waals surface area contributed by atoms with E-state index >= 15 is 0 Å². The summed E-state index contributed by atoms with van der Waals surface area (Å²) in [5.41, 5.74) is 0. The zero-order chi connectivity index (χ0) is 30.7. The van der Waals surface area contributed by atoms with E-state index in [2.05, 4.69) is 29.8 Å². The van der Waals surface area contributed by atoms with Crippen LogP contribution in [0.4, 0.5) is 0 Å². The van der Waals surface area contributed by atoms with Crippen molar-refractivity contribution in [1.82, 2.24) is 0 Å². The first kappa shape index (κ1) is 45.7. The number of hydrogen-bond donors (Lipinski definition) is 3. The van der Waals surface area contributed by atoms with Gasteiger partial charge in [-0.3, -0.25) is 0 Å².